The highest BCUT2D eigenvalue weighted by atomic mass is 16.2. The summed E-state index contributed by atoms with van der Waals surface area (Å²) in [6.45, 7) is 2.96. The Bertz CT molecular complexity index is 488. The molecule has 6 heteroatoms. The van der Waals surface area contributed by atoms with Crippen molar-refractivity contribution in [2.45, 2.75) is 44.8 Å². The Morgan fingerprint density at radius 2 is 2.39 bits per heavy atom. The molecule has 1 aliphatic heterocycles. The molecule has 1 aliphatic carbocycles. The fraction of sp³-hybridized carbons (Fsp3) is 0.583. The molecule has 6 nitrogen and oxygen atoms in total. The summed E-state index contributed by atoms with van der Waals surface area (Å²) in [5.41, 5.74) is 0.863. The van der Waals surface area contributed by atoms with E-state index in [-0.39, 0.29) is 5.91 Å². The summed E-state index contributed by atoms with van der Waals surface area (Å²) in [7, 11) is 0. The molecule has 0 spiro atoms. The number of imidazole rings is 1. The minimum absolute atomic E-state index is 0.0731. The second-order valence-corrected chi connectivity index (χ2v) is 4.80. The van der Waals surface area contributed by atoms with Crippen molar-refractivity contribution >= 4 is 11.9 Å². The Morgan fingerprint density at radius 1 is 1.56 bits per heavy atom. The zero-order valence-corrected chi connectivity index (χ0v) is 10.4. The first kappa shape index (κ1) is 11.3. The fourth-order valence-electron chi connectivity index (χ4n) is 2.09. The van der Waals surface area contributed by atoms with Gasteiger partial charge in [-0.3, -0.25) is 10.1 Å². The van der Waals surface area contributed by atoms with Crippen molar-refractivity contribution < 1.29 is 4.79 Å². The van der Waals surface area contributed by atoms with Crippen LogP contribution < -0.4 is 10.6 Å². The van der Waals surface area contributed by atoms with Crippen LogP contribution >= 0.6 is 0 Å². The summed E-state index contributed by atoms with van der Waals surface area (Å²) < 4.78 is 1.99. The number of amides is 1. The lowest BCUT2D eigenvalue weighted by Gasteiger charge is -2.08. The first-order chi connectivity index (χ1) is 8.78. The SMILES string of the molecule is CCCn1cncc1C1N=C(NC2CC2)NC1=O. The van der Waals surface area contributed by atoms with Crippen LogP contribution in [0.5, 0.6) is 0 Å². The average Bonchev–Trinajstić information content (AvgIpc) is 2.90. The van der Waals surface area contributed by atoms with E-state index in [1.165, 1.54) is 0 Å². The molecular weight excluding hydrogens is 230 g/mol. The first-order valence-electron chi connectivity index (χ1n) is 6.43. The van der Waals surface area contributed by atoms with E-state index in [0.29, 0.717) is 12.0 Å². The Hall–Kier alpha value is -1.85. The van der Waals surface area contributed by atoms with Gasteiger partial charge in [-0.1, -0.05) is 6.92 Å². The Labute approximate surface area is 105 Å². The molecule has 3 rings (SSSR count). The highest BCUT2D eigenvalue weighted by Gasteiger charge is 2.32. The normalized spacial score (nSPS) is 22.8. The van der Waals surface area contributed by atoms with Crippen LogP contribution in [0, 0.1) is 0 Å². The van der Waals surface area contributed by atoms with E-state index in [1.807, 2.05) is 4.57 Å². The van der Waals surface area contributed by atoms with E-state index in [0.717, 1.165) is 31.5 Å². The summed E-state index contributed by atoms with van der Waals surface area (Å²) in [5, 5.41) is 6.01. The maximum Gasteiger partial charge on any atom is 0.257 e. The van der Waals surface area contributed by atoms with Gasteiger partial charge in [0.2, 0.25) is 0 Å². The van der Waals surface area contributed by atoms with E-state index in [4.69, 9.17) is 0 Å². The number of nitrogens with zero attached hydrogens (tertiary/aromatic N) is 3. The molecule has 1 saturated carbocycles. The summed E-state index contributed by atoms with van der Waals surface area (Å²) in [4.78, 5) is 20.5. The lowest BCUT2D eigenvalue weighted by Crippen LogP contribution is -2.37. The molecule has 2 heterocycles. The Kier molecular flexibility index (Phi) is 2.77. The first-order valence-corrected chi connectivity index (χ1v) is 6.43. The molecule has 1 aromatic heterocycles. The van der Waals surface area contributed by atoms with E-state index in [2.05, 4.69) is 27.5 Å². The van der Waals surface area contributed by atoms with Gasteiger partial charge in [0, 0.05) is 12.6 Å². The molecule has 2 N–H and O–H groups in total. The van der Waals surface area contributed by atoms with Crippen LogP contribution in [-0.4, -0.2) is 27.5 Å². The molecule has 0 saturated heterocycles. The van der Waals surface area contributed by atoms with Gasteiger partial charge >= 0.3 is 0 Å². The molecule has 0 aromatic carbocycles. The van der Waals surface area contributed by atoms with E-state index < -0.39 is 6.04 Å². The fourth-order valence-corrected chi connectivity index (χ4v) is 2.09. The number of aromatic nitrogens is 2. The minimum atomic E-state index is -0.458. The second-order valence-electron chi connectivity index (χ2n) is 4.80. The van der Waals surface area contributed by atoms with Crippen LogP contribution in [0.3, 0.4) is 0 Å². The summed E-state index contributed by atoms with van der Waals surface area (Å²) in [6, 6.07) is 0.0312. The monoisotopic (exact) mass is 247 g/mol. The van der Waals surface area contributed by atoms with Gasteiger partial charge in [-0.2, -0.15) is 0 Å². The molecular formula is C12H17N5O. The Morgan fingerprint density at radius 3 is 3.11 bits per heavy atom. The van der Waals surface area contributed by atoms with Gasteiger partial charge in [-0.15, -0.1) is 0 Å². The lowest BCUT2D eigenvalue weighted by molar-refractivity contribution is -0.120. The van der Waals surface area contributed by atoms with E-state index in [9.17, 15) is 4.79 Å². The standard InChI is InChI=1S/C12H17N5O/c1-2-5-17-7-13-6-9(17)10-11(18)16-12(15-10)14-8-3-4-8/h6-8,10H,2-5H2,1H3,(H2,14,15,16,18). The predicted molar refractivity (Wildman–Crippen MR) is 67.0 cm³/mol. The summed E-state index contributed by atoms with van der Waals surface area (Å²) in [6.07, 6.45) is 6.81. The highest BCUT2D eigenvalue weighted by molar-refractivity contribution is 6.05. The molecule has 2 aliphatic rings. The number of hydrogen-bond acceptors (Lipinski definition) is 4. The second kappa shape index (κ2) is 4.44. The minimum Gasteiger partial charge on any atom is -0.353 e. The van der Waals surface area contributed by atoms with E-state index >= 15 is 0 Å². The third-order valence-corrected chi connectivity index (χ3v) is 3.16. The molecule has 0 radical (unpaired) electrons. The number of carbonyl (C=O) groups excluding carboxylic acids is 1. The molecule has 1 unspecified atom stereocenters. The largest absolute Gasteiger partial charge is 0.353 e. The number of hydrogen-bond donors (Lipinski definition) is 2. The van der Waals surface area contributed by atoms with Crippen LogP contribution in [0.25, 0.3) is 0 Å². The number of rotatable bonds is 4. The summed E-state index contributed by atoms with van der Waals surface area (Å²) >= 11 is 0. The highest BCUT2D eigenvalue weighted by Crippen LogP contribution is 2.23. The maximum absolute atomic E-state index is 11.9. The quantitative estimate of drug-likeness (QED) is 0.817. The Balaban J connectivity index is 1.79. The zero-order valence-electron chi connectivity index (χ0n) is 10.4. The predicted octanol–water partition coefficient (Wildman–Crippen LogP) is 0.572. The van der Waals surface area contributed by atoms with Crippen molar-refractivity contribution in [3.05, 3.63) is 18.2 Å². The zero-order chi connectivity index (χ0) is 12.5. The number of guanidine groups is 1. The molecule has 0 bridgehead atoms. The van der Waals surface area contributed by atoms with Gasteiger partial charge in [0.05, 0.1) is 18.2 Å². The van der Waals surface area contributed by atoms with Crippen LogP contribution in [-0.2, 0) is 11.3 Å². The van der Waals surface area contributed by atoms with Gasteiger partial charge in [0.15, 0.2) is 12.0 Å². The van der Waals surface area contributed by atoms with Gasteiger partial charge in [-0.25, -0.2) is 9.98 Å². The molecule has 1 atom stereocenters. The van der Waals surface area contributed by atoms with Crippen molar-refractivity contribution in [3.63, 3.8) is 0 Å². The van der Waals surface area contributed by atoms with Crippen molar-refractivity contribution in [1.29, 1.82) is 0 Å². The van der Waals surface area contributed by atoms with Crippen LogP contribution in [0.2, 0.25) is 0 Å². The third-order valence-electron chi connectivity index (χ3n) is 3.16. The van der Waals surface area contributed by atoms with Crippen molar-refractivity contribution in [2.24, 2.45) is 4.99 Å². The summed E-state index contributed by atoms with van der Waals surface area (Å²) in [5.74, 6) is 0.535. The molecule has 18 heavy (non-hydrogen) atoms. The van der Waals surface area contributed by atoms with Gasteiger partial charge in [0.1, 0.15) is 0 Å². The smallest absolute Gasteiger partial charge is 0.257 e. The van der Waals surface area contributed by atoms with Crippen LogP contribution in [0.1, 0.15) is 37.9 Å². The van der Waals surface area contributed by atoms with Gasteiger partial charge < -0.3 is 9.88 Å². The average molecular weight is 247 g/mol. The number of nitrogens with one attached hydrogen (secondary N) is 2. The molecule has 1 fully saturated rings. The number of carbonyl (C=O) groups is 1. The van der Waals surface area contributed by atoms with Crippen LogP contribution in [0.4, 0.5) is 0 Å². The maximum atomic E-state index is 11.9. The lowest BCUT2D eigenvalue weighted by atomic mass is 10.2. The molecule has 1 amide bonds. The molecule has 1 aromatic rings. The molecule has 96 valence electrons. The van der Waals surface area contributed by atoms with Crippen molar-refractivity contribution in [2.75, 3.05) is 0 Å². The van der Waals surface area contributed by atoms with E-state index in [1.54, 1.807) is 12.5 Å². The topological polar surface area (TPSA) is 71.3 Å². The van der Waals surface area contributed by atoms with Gasteiger partial charge in [-0.05, 0) is 19.3 Å². The number of aryl methyl sites for hydroxylation is 1. The van der Waals surface area contributed by atoms with Crippen LogP contribution in [0.15, 0.2) is 17.5 Å². The van der Waals surface area contributed by atoms with Crippen molar-refractivity contribution in [3.8, 4) is 0 Å². The number of aliphatic imine (C=N–C) groups is 1. The van der Waals surface area contributed by atoms with Crippen molar-refractivity contribution in [1.82, 2.24) is 20.2 Å². The third kappa shape index (κ3) is 2.10. The van der Waals surface area contributed by atoms with Gasteiger partial charge in [0.25, 0.3) is 5.91 Å².